The highest BCUT2D eigenvalue weighted by molar-refractivity contribution is 7.22. The highest BCUT2D eigenvalue weighted by atomic mass is 32.1. The first-order valence-corrected chi connectivity index (χ1v) is 6.89. The van der Waals surface area contributed by atoms with Crippen LogP contribution in [-0.4, -0.2) is 9.97 Å². The van der Waals surface area contributed by atoms with E-state index in [-0.39, 0.29) is 0 Å². The Morgan fingerprint density at radius 2 is 1.89 bits per heavy atom. The van der Waals surface area contributed by atoms with E-state index in [2.05, 4.69) is 22.1 Å². The third-order valence-electron chi connectivity index (χ3n) is 2.97. The van der Waals surface area contributed by atoms with Crippen molar-refractivity contribution in [2.75, 3.05) is 11.5 Å². The molecule has 1 aromatic carbocycles. The quantitative estimate of drug-likeness (QED) is 0.767. The summed E-state index contributed by atoms with van der Waals surface area (Å²) in [6, 6.07) is 12.0. The molecule has 0 spiro atoms. The molecule has 0 saturated heterocycles. The molecular formula is C14H14N4S. The molecule has 0 aliphatic carbocycles. The Balaban J connectivity index is 1.78. The van der Waals surface area contributed by atoms with Gasteiger partial charge < -0.3 is 11.5 Å². The second-order valence-corrected chi connectivity index (χ2v) is 5.47. The van der Waals surface area contributed by atoms with Gasteiger partial charge in [-0.1, -0.05) is 23.5 Å². The van der Waals surface area contributed by atoms with E-state index in [9.17, 15) is 0 Å². The van der Waals surface area contributed by atoms with E-state index in [0.29, 0.717) is 10.9 Å². The van der Waals surface area contributed by atoms with Gasteiger partial charge in [0.2, 0.25) is 0 Å². The van der Waals surface area contributed by atoms with Crippen molar-refractivity contribution in [3.63, 3.8) is 0 Å². The Labute approximate surface area is 115 Å². The maximum absolute atomic E-state index is 5.71. The van der Waals surface area contributed by atoms with E-state index in [1.54, 1.807) is 6.07 Å². The monoisotopic (exact) mass is 270 g/mol. The zero-order chi connectivity index (χ0) is 13.2. The van der Waals surface area contributed by atoms with Crippen LogP contribution in [0.25, 0.3) is 10.2 Å². The van der Waals surface area contributed by atoms with Gasteiger partial charge in [0.05, 0.1) is 10.2 Å². The summed E-state index contributed by atoms with van der Waals surface area (Å²) >= 11 is 1.52. The molecular weight excluding hydrogens is 256 g/mol. The van der Waals surface area contributed by atoms with Gasteiger partial charge in [-0.25, -0.2) is 9.97 Å². The van der Waals surface area contributed by atoms with Gasteiger partial charge in [-0.05, 0) is 42.7 Å². The minimum absolute atomic E-state index is 0.572. The fourth-order valence-corrected chi connectivity index (χ4v) is 2.85. The second-order valence-electron chi connectivity index (χ2n) is 4.41. The number of hydrogen-bond acceptors (Lipinski definition) is 5. The number of pyridine rings is 1. The van der Waals surface area contributed by atoms with Crippen LogP contribution < -0.4 is 11.5 Å². The molecule has 0 amide bonds. The predicted octanol–water partition coefficient (Wildman–Crippen LogP) is 2.64. The Hall–Kier alpha value is -2.14. The molecule has 0 aliphatic heterocycles. The van der Waals surface area contributed by atoms with Gasteiger partial charge in [-0.3, -0.25) is 0 Å². The Kier molecular flexibility index (Phi) is 3.05. The summed E-state index contributed by atoms with van der Waals surface area (Å²) in [6.45, 7) is 0. The van der Waals surface area contributed by atoms with E-state index in [0.717, 1.165) is 28.8 Å². The van der Waals surface area contributed by atoms with Gasteiger partial charge in [-0.15, -0.1) is 0 Å². The topological polar surface area (TPSA) is 77.8 Å². The number of aryl methyl sites for hydroxylation is 2. The first-order chi connectivity index (χ1) is 9.20. The first-order valence-electron chi connectivity index (χ1n) is 6.07. The summed E-state index contributed by atoms with van der Waals surface area (Å²) in [5, 5.41) is 0.615. The van der Waals surface area contributed by atoms with Crippen molar-refractivity contribution in [1.29, 1.82) is 0 Å². The lowest BCUT2D eigenvalue weighted by Gasteiger charge is -2.02. The summed E-state index contributed by atoms with van der Waals surface area (Å²) < 4.78 is 1.13. The average molecular weight is 270 g/mol. The van der Waals surface area contributed by atoms with Gasteiger partial charge in [0, 0.05) is 5.69 Å². The number of nitrogens with two attached hydrogens (primary N) is 2. The van der Waals surface area contributed by atoms with Gasteiger partial charge >= 0.3 is 0 Å². The number of anilines is 2. The van der Waals surface area contributed by atoms with Gasteiger partial charge in [0.25, 0.3) is 0 Å². The smallest absolute Gasteiger partial charge is 0.181 e. The molecule has 0 atom stereocenters. The third-order valence-corrected chi connectivity index (χ3v) is 3.81. The zero-order valence-electron chi connectivity index (χ0n) is 10.3. The molecule has 0 fully saturated rings. The van der Waals surface area contributed by atoms with E-state index in [1.807, 2.05) is 18.2 Å². The van der Waals surface area contributed by atoms with Gasteiger partial charge in [0.1, 0.15) is 5.82 Å². The summed E-state index contributed by atoms with van der Waals surface area (Å²) in [6.07, 6.45) is 1.81. The molecule has 0 unspecified atom stereocenters. The van der Waals surface area contributed by atoms with Crippen molar-refractivity contribution in [2.45, 2.75) is 12.8 Å². The lowest BCUT2D eigenvalue weighted by molar-refractivity contribution is 0.918. The molecule has 0 radical (unpaired) electrons. The van der Waals surface area contributed by atoms with Crippen molar-refractivity contribution in [1.82, 2.24) is 9.97 Å². The van der Waals surface area contributed by atoms with E-state index < -0.39 is 0 Å². The molecule has 4 N–H and O–H groups in total. The SMILES string of the molecule is Nc1cccc(CCc2ccc3nc(N)sc3c2)n1. The second kappa shape index (κ2) is 4.85. The van der Waals surface area contributed by atoms with Crippen molar-refractivity contribution in [2.24, 2.45) is 0 Å². The van der Waals surface area contributed by atoms with Crippen LogP contribution in [0.1, 0.15) is 11.3 Å². The number of fused-ring (bicyclic) bond motifs is 1. The summed E-state index contributed by atoms with van der Waals surface area (Å²) in [7, 11) is 0. The minimum atomic E-state index is 0.572. The highest BCUT2D eigenvalue weighted by Crippen LogP contribution is 2.25. The van der Waals surface area contributed by atoms with Crippen LogP contribution in [-0.2, 0) is 12.8 Å². The Bertz CT molecular complexity index is 720. The summed E-state index contributed by atoms with van der Waals surface area (Å²) in [5.41, 5.74) is 14.6. The number of thiazole rings is 1. The number of hydrogen-bond donors (Lipinski definition) is 2. The van der Waals surface area contributed by atoms with Crippen LogP contribution in [0.15, 0.2) is 36.4 Å². The van der Waals surface area contributed by atoms with E-state index in [4.69, 9.17) is 11.5 Å². The predicted molar refractivity (Wildman–Crippen MR) is 80.1 cm³/mol. The molecule has 3 rings (SSSR count). The molecule has 0 bridgehead atoms. The number of rotatable bonds is 3. The lowest BCUT2D eigenvalue weighted by Crippen LogP contribution is -1.97. The van der Waals surface area contributed by atoms with Gasteiger partial charge in [0.15, 0.2) is 5.13 Å². The molecule has 96 valence electrons. The maximum atomic E-state index is 5.71. The number of nitrogen functional groups attached to an aromatic ring is 2. The van der Waals surface area contributed by atoms with Crippen LogP contribution >= 0.6 is 11.3 Å². The van der Waals surface area contributed by atoms with Crippen LogP contribution in [0.5, 0.6) is 0 Å². The number of benzene rings is 1. The van der Waals surface area contributed by atoms with E-state index >= 15 is 0 Å². The Morgan fingerprint density at radius 3 is 2.74 bits per heavy atom. The normalized spacial score (nSPS) is 10.9. The average Bonchev–Trinajstić information content (AvgIpc) is 2.75. The molecule has 4 nitrogen and oxygen atoms in total. The van der Waals surface area contributed by atoms with Crippen molar-refractivity contribution in [3.05, 3.63) is 47.7 Å². The van der Waals surface area contributed by atoms with Crippen molar-refractivity contribution in [3.8, 4) is 0 Å². The number of nitrogens with zero attached hydrogens (tertiary/aromatic N) is 2. The van der Waals surface area contributed by atoms with Crippen LogP contribution in [0.3, 0.4) is 0 Å². The zero-order valence-corrected chi connectivity index (χ0v) is 11.2. The molecule has 3 aromatic rings. The maximum Gasteiger partial charge on any atom is 0.181 e. The molecule has 2 heterocycles. The van der Waals surface area contributed by atoms with E-state index in [1.165, 1.54) is 16.9 Å². The highest BCUT2D eigenvalue weighted by Gasteiger charge is 2.03. The van der Waals surface area contributed by atoms with Crippen molar-refractivity contribution >= 4 is 32.5 Å². The fraction of sp³-hybridized carbons (Fsp3) is 0.143. The van der Waals surface area contributed by atoms with Gasteiger partial charge in [-0.2, -0.15) is 0 Å². The Morgan fingerprint density at radius 1 is 1.00 bits per heavy atom. The lowest BCUT2D eigenvalue weighted by atomic mass is 10.1. The first kappa shape index (κ1) is 11.9. The minimum Gasteiger partial charge on any atom is -0.384 e. The molecule has 2 aromatic heterocycles. The summed E-state index contributed by atoms with van der Waals surface area (Å²) in [4.78, 5) is 8.55. The van der Waals surface area contributed by atoms with Crippen molar-refractivity contribution < 1.29 is 0 Å². The third kappa shape index (κ3) is 2.66. The fourth-order valence-electron chi connectivity index (χ4n) is 2.05. The number of aromatic nitrogens is 2. The van der Waals surface area contributed by atoms with Crippen LogP contribution in [0, 0.1) is 0 Å². The molecule has 0 aliphatic rings. The van der Waals surface area contributed by atoms with Crippen LogP contribution in [0.2, 0.25) is 0 Å². The largest absolute Gasteiger partial charge is 0.384 e. The van der Waals surface area contributed by atoms with Crippen LogP contribution in [0.4, 0.5) is 10.9 Å². The molecule has 19 heavy (non-hydrogen) atoms. The molecule has 5 heteroatoms. The summed E-state index contributed by atoms with van der Waals surface area (Å²) in [5.74, 6) is 0.572. The molecule has 0 saturated carbocycles. The standard InChI is InChI=1S/C14H14N4S/c15-13-3-1-2-10(17-13)6-4-9-5-7-11-12(8-9)19-14(16)18-11/h1-3,5,7-8H,4,6H2,(H2,15,17)(H2,16,18).